The lowest BCUT2D eigenvalue weighted by Crippen LogP contribution is -2.51. The second-order valence-corrected chi connectivity index (χ2v) is 11.3. The van der Waals surface area contributed by atoms with Crippen LogP contribution in [0.3, 0.4) is 0 Å². The van der Waals surface area contributed by atoms with Crippen LogP contribution in [-0.4, -0.2) is 82.3 Å². The second-order valence-electron chi connectivity index (χ2n) is 8.91. The van der Waals surface area contributed by atoms with Gasteiger partial charge in [0, 0.05) is 38.6 Å². The quantitative estimate of drug-likeness (QED) is 0.271. The van der Waals surface area contributed by atoms with Gasteiger partial charge in [0.1, 0.15) is 0 Å². The number of ether oxygens (including phenoxy) is 1. The van der Waals surface area contributed by atoms with Crippen LogP contribution in [0.4, 0.5) is 0 Å². The van der Waals surface area contributed by atoms with E-state index in [0.717, 1.165) is 26.2 Å². The number of likely N-dealkylation sites (tertiary alicyclic amines) is 1. The molecule has 0 spiro atoms. The molecule has 7 nitrogen and oxygen atoms in total. The van der Waals surface area contributed by atoms with Crippen molar-refractivity contribution in [3.63, 3.8) is 0 Å². The molecule has 1 atom stereocenters. The van der Waals surface area contributed by atoms with Crippen molar-refractivity contribution in [3.05, 3.63) is 0 Å². The van der Waals surface area contributed by atoms with Crippen molar-refractivity contribution in [2.75, 3.05) is 52.2 Å². The first-order valence-corrected chi connectivity index (χ1v) is 13.2. The molecule has 0 aromatic carbocycles. The van der Waals surface area contributed by atoms with E-state index >= 15 is 0 Å². The highest BCUT2D eigenvalue weighted by Crippen LogP contribution is 2.29. The third-order valence-electron chi connectivity index (χ3n) is 6.42. The van der Waals surface area contributed by atoms with Crippen LogP contribution in [0.25, 0.3) is 0 Å². The lowest BCUT2D eigenvalue weighted by atomic mass is 9.99. The third-order valence-corrected chi connectivity index (χ3v) is 8.53. The van der Waals surface area contributed by atoms with E-state index in [-0.39, 0.29) is 30.5 Å². The maximum atomic E-state index is 12.5. The molecule has 0 radical (unpaired) electrons. The molecule has 2 N–H and O–H groups in total. The number of nitrogens with zero attached hydrogens (tertiary/aromatic N) is 2. The Morgan fingerprint density at radius 2 is 1.70 bits per heavy atom. The summed E-state index contributed by atoms with van der Waals surface area (Å²) in [7, 11) is -3.21. The Bertz CT molecular complexity index is 614. The number of nitrogens with one attached hydrogen (secondary N) is 2. The molecule has 2 rings (SSSR count). The molecule has 2 heterocycles. The minimum atomic E-state index is -3.21. The van der Waals surface area contributed by atoms with Crippen LogP contribution in [-0.2, 0) is 14.6 Å². The van der Waals surface area contributed by atoms with Crippen molar-refractivity contribution < 1.29 is 13.2 Å². The van der Waals surface area contributed by atoms with Crippen molar-refractivity contribution in [1.82, 2.24) is 15.5 Å². The Labute approximate surface area is 201 Å². The largest absolute Gasteiger partial charge is 0.381 e. The first-order chi connectivity index (χ1) is 13.8. The molecule has 30 heavy (non-hydrogen) atoms. The molecule has 0 bridgehead atoms. The Kier molecular flexibility index (Phi) is 12.5. The number of hydrogen-bond acceptors (Lipinski definition) is 5. The summed E-state index contributed by atoms with van der Waals surface area (Å²) in [6.07, 6.45) is 7.56. The average Bonchev–Trinajstić information content (AvgIpc) is 2.95. The minimum Gasteiger partial charge on any atom is -0.381 e. The van der Waals surface area contributed by atoms with Gasteiger partial charge >= 0.3 is 0 Å². The predicted octanol–water partition coefficient (Wildman–Crippen LogP) is 2.65. The number of rotatable bonds is 8. The standard InChI is InChI=1S/C21H42N4O3S.HI/c1-5-22-20(24-17-21(29(4,26)27)10-14-28-15-11-21)23-16-19(18(2)3)25-12-8-6-7-9-13-25;/h18-19H,5-17H2,1-4H3,(H2,22,23,24);1H. The van der Waals surface area contributed by atoms with E-state index in [9.17, 15) is 8.42 Å². The van der Waals surface area contributed by atoms with Gasteiger partial charge in [-0.15, -0.1) is 24.0 Å². The third kappa shape index (κ3) is 8.09. The van der Waals surface area contributed by atoms with E-state index in [4.69, 9.17) is 9.73 Å². The maximum absolute atomic E-state index is 12.5. The van der Waals surface area contributed by atoms with Gasteiger partial charge < -0.3 is 15.4 Å². The molecule has 0 amide bonds. The number of halogens is 1. The summed E-state index contributed by atoms with van der Waals surface area (Å²) in [5, 5.41) is 6.79. The SMILES string of the molecule is CCNC(=NCC1(S(C)(=O)=O)CCOCC1)NCC(C(C)C)N1CCCCCC1.I. The van der Waals surface area contributed by atoms with Crippen molar-refractivity contribution in [2.45, 2.75) is 70.1 Å². The molecule has 0 aliphatic carbocycles. The van der Waals surface area contributed by atoms with Crippen molar-refractivity contribution in [2.24, 2.45) is 10.9 Å². The van der Waals surface area contributed by atoms with Crippen molar-refractivity contribution >= 4 is 39.8 Å². The van der Waals surface area contributed by atoms with Crippen LogP contribution >= 0.6 is 24.0 Å². The topological polar surface area (TPSA) is 83.0 Å². The zero-order chi connectivity index (χ0) is 21.3. The van der Waals surface area contributed by atoms with Crippen LogP contribution in [0.2, 0.25) is 0 Å². The number of guanidine groups is 1. The molecule has 0 saturated carbocycles. The lowest BCUT2D eigenvalue weighted by Gasteiger charge is -2.35. The first kappa shape index (κ1) is 27.9. The Morgan fingerprint density at radius 1 is 1.10 bits per heavy atom. The molecule has 1 unspecified atom stereocenters. The number of hydrogen-bond donors (Lipinski definition) is 2. The first-order valence-electron chi connectivity index (χ1n) is 11.3. The lowest BCUT2D eigenvalue weighted by molar-refractivity contribution is 0.0768. The van der Waals surface area contributed by atoms with Gasteiger partial charge in [-0.3, -0.25) is 9.89 Å². The molecule has 9 heteroatoms. The van der Waals surface area contributed by atoms with Crippen molar-refractivity contribution in [3.8, 4) is 0 Å². The molecule has 2 aliphatic rings. The summed E-state index contributed by atoms with van der Waals surface area (Å²) in [5.74, 6) is 1.25. The zero-order valence-corrected chi connectivity index (χ0v) is 22.4. The maximum Gasteiger partial charge on any atom is 0.191 e. The Hall–Kier alpha value is -0.130. The summed E-state index contributed by atoms with van der Waals surface area (Å²) in [6, 6.07) is 0.448. The molecular formula is C21H43IN4O3S. The van der Waals surface area contributed by atoms with Crippen LogP contribution < -0.4 is 10.6 Å². The molecule has 2 aliphatic heterocycles. The summed E-state index contributed by atoms with van der Waals surface area (Å²) < 4.78 is 29.6. The molecular weight excluding hydrogens is 515 g/mol. The van der Waals surface area contributed by atoms with Gasteiger partial charge in [0.2, 0.25) is 0 Å². The monoisotopic (exact) mass is 558 g/mol. The van der Waals surface area contributed by atoms with Crippen molar-refractivity contribution in [1.29, 1.82) is 0 Å². The van der Waals surface area contributed by atoms with E-state index in [1.807, 2.05) is 6.92 Å². The van der Waals surface area contributed by atoms with Crippen LogP contribution in [0, 0.1) is 5.92 Å². The molecule has 0 aromatic rings. The van der Waals surface area contributed by atoms with Crippen LogP contribution in [0.5, 0.6) is 0 Å². The van der Waals surface area contributed by atoms with E-state index in [1.54, 1.807) is 0 Å². The van der Waals surface area contributed by atoms with E-state index in [1.165, 1.54) is 31.9 Å². The number of aliphatic imine (C=N–C) groups is 1. The Morgan fingerprint density at radius 3 is 2.20 bits per heavy atom. The van der Waals surface area contributed by atoms with Gasteiger partial charge in [-0.1, -0.05) is 26.7 Å². The van der Waals surface area contributed by atoms with Gasteiger partial charge in [0.15, 0.2) is 15.8 Å². The van der Waals surface area contributed by atoms with Gasteiger partial charge in [0.25, 0.3) is 0 Å². The second kappa shape index (κ2) is 13.4. The number of sulfone groups is 1. The highest BCUT2D eigenvalue weighted by Gasteiger charge is 2.42. The highest BCUT2D eigenvalue weighted by molar-refractivity contribution is 14.0. The molecule has 2 fully saturated rings. The van der Waals surface area contributed by atoms with Gasteiger partial charge in [-0.2, -0.15) is 0 Å². The molecule has 2 saturated heterocycles. The van der Waals surface area contributed by atoms with Crippen LogP contribution in [0.1, 0.15) is 59.3 Å². The smallest absolute Gasteiger partial charge is 0.191 e. The van der Waals surface area contributed by atoms with E-state index in [2.05, 4.69) is 29.4 Å². The zero-order valence-electron chi connectivity index (χ0n) is 19.3. The Balaban J connectivity index is 0.00000450. The fourth-order valence-corrected chi connectivity index (χ4v) is 5.58. The van der Waals surface area contributed by atoms with Gasteiger partial charge in [-0.05, 0) is 51.6 Å². The predicted molar refractivity (Wildman–Crippen MR) is 136 cm³/mol. The fraction of sp³-hybridized carbons (Fsp3) is 0.952. The van der Waals surface area contributed by atoms with Crippen LogP contribution in [0.15, 0.2) is 4.99 Å². The van der Waals surface area contributed by atoms with Gasteiger partial charge in [-0.25, -0.2) is 8.42 Å². The van der Waals surface area contributed by atoms with E-state index < -0.39 is 14.6 Å². The highest BCUT2D eigenvalue weighted by atomic mass is 127. The normalized spacial score (nSPS) is 22.1. The fourth-order valence-electron chi connectivity index (χ4n) is 4.37. The summed E-state index contributed by atoms with van der Waals surface area (Å²) in [4.78, 5) is 7.33. The summed E-state index contributed by atoms with van der Waals surface area (Å²) in [5.41, 5.74) is 0. The summed E-state index contributed by atoms with van der Waals surface area (Å²) in [6.45, 7) is 11.7. The molecule has 0 aromatic heterocycles. The van der Waals surface area contributed by atoms with Gasteiger partial charge in [0.05, 0.1) is 11.3 Å². The summed E-state index contributed by atoms with van der Waals surface area (Å²) >= 11 is 0. The average molecular weight is 559 g/mol. The van der Waals surface area contributed by atoms with E-state index in [0.29, 0.717) is 44.0 Å². The minimum absolute atomic E-state index is 0. The molecule has 178 valence electrons.